The van der Waals surface area contributed by atoms with Crippen molar-refractivity contribution < 1.29 is 8.78 Å². The summed E-state index contributed by atoms with van der Waals surface area (Å²) in [5.41, 5.74) is 0.645. The minimum absolute atomic E-state index is 0.158. The molecule has 3 heteroatoms. The lowest BCUT2D eigenvalue weighted by atomic mass is 9.85. The van der Waals surface area contributed by atoms with E-state index in [1.165, 1.54) is 12.1 Å². The molecule has 0 aliphatic rings. The highest BCUT2D eigenvalue weighted by atomic mass is 19.1. The van der Waals surface area contributed by atoms with Gasteiger partial charge in [-0.2, -0.15) is 0 Å². The van der Waals surface area contributed by atoms with Crippen LogP contribution in [0.1, 0.15) is 37.9 Å². The predicted octanol–water partition coefficient (Wildman–Crippen LogP) is 3.83. The Bertz CT molecular complexity index is 388. The summed E-state index contributed by atoms with van der Waals surface area (Å²) in [5, 5.41) is 3.03. The molecule has 0 saturated carbocycles. The summed E-state index contributed by atoms with van der Waals surface area (Å²) in [6, 6.07) is 2.52. The van der Waals surface area contributed by atoms with Gasteiger partial charge in [0.15, 0.2) is 0 Å². The van der Waals surface area contributed by atoms with Gasteiger partial charge >= 0.3 is 0 Å². The van der Waals surface area contributed by atoms with Gasteiger partial charge in [-0.3, -0.25) is 0 Å². The molecule has 1 aromatic carbocycles. The molecule has 0 amide bonds. The topological polar surface area (TPSA) is 12.0 Å². The number of hydrogen-bond donors (Lipinski definition) is 1. The van der Waals surface area contributed by atoms with E-state index in [0.29, 0.717) is 11.5 Å². The number of aryl methyl sites for hydroxylation is 1. The zero-order chi connectivity index (χ0) is 13.2. The van der Waals surface area contributed by atoms with Gasteiger partial charge in [-0.15, -0.1) is 0 Å². The molecule has 1 aromatic rings. The van der Waals surface area contributed by atoms with E-state index < -0.39 is 11.6 Å². The van der Waals surface area contributed by atoms with Crippen molar-refractivity contribution in [1.82, 2.24) is 5.32 Å². The molecule has 0 aliphatic heterocycles. The first-order chi connectivity index (χ1) is 7.90. The lowest BCUT2D eigenvalue weighted by molar-refractivity contribution is 0.302. The fraction of sp³-hybridized carbons (Fsp3) is 0.571. The van der Waals surface area contributed by atoms with Crippen LogP contribution in [0.2, 0.25) is 0 Å². The molecule has 2 atom stereocenters. The first-order valence-corrected chi connectivity index (χ1v) is 6.01. The van der Waals surface area contributed by atoms with Crippen molar-refractivity contribution in [3.05, 3.63) is 34.9 Å². The molecular formula is C14H21F2N. The summed E-state index contributed by atoms with van der Waals surface area (Å²) in [6.07, 6.45) is 0. The molecule has 2 unspecified atom stereocenters. The molecule has 0 aromatic heterocycles. The Kier molecular flexibility index (Phi) is 4.63. The Morgan fingerprint density at radius 1 is 1.12 bits per heavy atom. The Morgan fingerprint density at radius 2 is 1.71 bits per heavy atom. The molecule has 0 aliphatic carbocycles. The molecule has 0 saturated heterocycles. The van der Waals surface area contributed by atoms with Crippen LogP contribution in [0.4, 0.5) is 8.78 Å². The van der Waals surface area contributed by atoms with Gasteiger partial charge in [0.2, 0.25) is 0 Å². The minimum Gasteiger partial charge on any atom is -0.313 e. The first kappa shape index (κ1) is 14.1. The Balaban J connectivity index is 3.25. The Hall–Kier alpha value is -0.960. The van der Waals surface area contributed by atoms with E-state index in [1.54, 1.807) is 14.0 Å². The van der Waals surface area contributed by atoms with E-state index in [4.69, 9.17) is 0 Å². The molecule has 1 rings (SSSR count). The molecule has 1 nitrogen and oxygen atoms in total. The van der Waals surface area contributed by atoms with Gasteiger partial charge in [0.1, 0.15) is 11.6 Å². The fourth-order valence-electron chi connectivity index (χ4n) is 2.02. The van der Waals surface area contributed by atoms with Crippen molar-refractivity contribution in [2.24, 2.45) is 11.8 Å². The highest BCUT2D eigenvalue weighted by molar-refractivity contribution is 5.29. The summed E-state index contributed by atoms with van der Waals surface area (Å²) in [4.78, 5) is 0. The molecule has 1 N–H and O–H groups in total. The number of hydrogen-bond acceptors (Lipinski definition) is 1. The number of nitrogens with one attached hydrogen (secondary N) is 1. The standard InChI is InChI=1S/C14H21F2N/c1-8(2)10(4)14(17-5)12-11(15)7-6-9(3)13(12)16/h6-8,10,14,17H,1-5H3. The molecule has 17 heavy (non-hydrogen) atoms. The third-order valence-corrected chi connectivity index (χ3v) is 3.52. The Morgan fingerprint density at radius 3 is 2.18 bits per heavy atom. The molecule has 96 valence electrons. The van der Waals surface area contributed by atoms with Gasteiger partial charge in [0, 0.05) is 11.6 Å². The van der Waals surface area contributed by atoms with Crippen LogP contribution in [-0.2, 0) is 0 Å². The maximum atomic E-state index is 14.0. The van der Waals surface area contributed by atoms with Gasteiger partial charge in [0.05, 0.1) is 0 Å². The number of benzene rings is 1. The third-order valence-electron chi connectivity index (χ3n) is 3.52. The van der Waals surface area contributed by atoms with E-state index in [-0.39, 0.29) is 17.5 Å². The highest BCUT2D eigenvalue weighted by Crippen LogP contribution is 2.31. The van der Waals surface area contributed by atoms with Crippen molar-refractivity contribution in [2.75, 3.05) is 7.05 Å². The van der Waals surface area contributed by atoms with Gasteiger partial charge in [-0.25, -0.2) is 8.78 Å². The molecular weight excluding hydrogens is 220 g/mol. The van der Waals surface area contributed by atoms with Crippen LogP contribution in [0.3, 0.4) is 0 Å². The summed E-state index contributed by atoms with van der Waals surface area (Å²) < 4.78 is 27.9. The maximum absolute atomic E-state index is 14.0. The molecule has 0 radical (unpaired) electrons. The van der Waals surface area contributed by atoms with Crippen LogP contribution in [0, 0.1) is 30.4 Å². The normalized spacial score (nSPS) is 15.1. The SMILES string of the molecule is CNC(c1c(F)ccc(C)c1F)C(C)C(C)C. The van der Waals surface area contributed by atoms with Crippen molar-refractivity contribution in [3.8, 4) is 0 Å². The lowest BCUT2D eigenvalue weighted by Gasteiger charge is -2.28. The van der Waals surface area contributed by atoms with E-state index in [9.17, 15) is 8.78 Å². The maximum Gasteiger partial charge on any atom is 0.133 e. The van der Waals surface area contributed by atoms with Gasteiger partial charge in [0.25, 0.3) is 0 Å². The van der Waals surface area contributed by atoms with Crippen molar-refractivity contribution in [2.45, 2.75) is 33.7 Å². The van der Waals surface area contributed by atoms with Crippen LogP contribution < -0.4 is 5.32 Å². The average Bonchev–Trinajstić information content (AvgIpc) is 2.28. The largest absolute Gasteiger partial charge is 0.313 e. The number of halogens is 2. The monoisotopic (exact) mass is 241 g/mol. The smallest absolute Gasteiger partial charge is 0.133 e. The predicted molar refractivity (Wildman–Crippen MR) is 66.9 cm³/mol. The molecule has 0 bridgehead atoms. The van der Waals surface area contributed by atoms with Crippen LogP contribution in [0.15, 0.2) is 12.1 Å². The van der Waals surface area contributed by atoms with E-state index in [1.807, 2.05) is 6.92 Å². The van der Waals surface area contributed by atoms with Gasteiger partial charge in [-0.1, -0.05) is 26.8 Å². The highest BCUT2D eigenvalue weighted by Gasteiger charge is 2.26. The van der Waals surface area contributed by atoms with E-state index >= 15 is 0 Å². The fourth-order valence-corrected chi connectivity index (χ4v) is 2.02. The first-order valence-electron chi connectivity index (χ1n) is 6.01. The molecule has 0 heterocycles. The second-order valence-electron chi connectivity index (χ2n) is 4.96. The summed E-state index contributed by atoms with van der Waals surface area (Å²) in [7, 11) is 1.74. The summed E-state index contributed by atoms with van der Waals surface area (Å²) in [5.74, 6) is -0.394. The van der Waals surface area contributed by atoms with Crippen LogP contribution in [0.25, 0.3) is 0 Å². The minimum atomic E-state index is -0.472. The van der Waals surface area contributed by atoms with Crippen LogP contribution in [0.5, 0.6) is 0 Å². The lowest BCUT2D eigenvalue weighted by Crippen LogP contribution is -2.28. The zero-order valence-electron chi connectivity index (χ0n) is 11.1. The Labute approximate surface area is 102 Å². The van der Waals surface area contributed by atoms with Crippen LogP contribution >= 0.6 is 0 Å². The average molecular weight is 241 g/mol. The summed E-state index contributed by atoms with van der Waals surface area (Å²) >= 11 is 0. The third kappa shape index (κ3) is 2.83. The quantitative estimate of drug-likeness (QED) is 0.844. The summed E-state index contributed by atoms with van der Waals surface area (Å²) in [6.45, 7) is 7.78. The molecule has 0 fully saturated rings. The molecule has 0 spiro atoms. The van der Waals surface area contributed by atoms with Gasteiger partial charge < -0.3 is 5.32 Å². The van der Waals surface area contributed by atoms with E-state index in [0.717, 1.165) is 0 Å². The van der Waals surface area contributed by atoms with Crippen molar-refractivity contribution >= 4 is 0 Å². The van der Waals surface area contributed by atoms with Crippen molar-refractivity contribution in [1.29, 1.82) is 0 Å². The van der Waals surface area contributed by atoms with Gasteiger partial charge in [-0.05, 0) is 37.4 Å². The zero-order valence-corrected chi connectivity index (χ0v) is 11.1. The second-order valence-corrected chi connectivity index (χ2v) is 4.96. The number of rotatable bonds is 4. The van der Waals surface area contributed by atoms with E-state index in [2.05, 4.69) is 19.2 Å². The second kappa shape index (κ2) is 5.58. The van der Waals surface area contributed by atoms with Crippen LogP contribution in [-0.4, -0.2) is 7.05 Å². The van der Waals surface area contributed by atoms with Crippen molar-refractivity contribution in [3.63, 3.8) is 0 Å².